The lowest BCUT2D eigenvalue weighted by Gasteiger charge is -2.26. The first-order valence-electron chi connectivity index (χ1n) is 11.2. The number of Topliss-reactive ketones (excluding diaryl/α,β-unsaturated/α-hetero) is 1. The van der Waals surface area contributed by atoms with Gasteiger partial charge in [0.2, 0.25) is 0 Å². The number of morpholine rings is 1. The Morgan fingerprint density at radius 1 is 1.12 bits per heavy atom. The highest BCUT2D eigenvalue weighted by atomic mass is 32.2. The fraction of sp³-hybridized carbons (Fsp3) is 0.400. The molecule has 0 bridgehead atoms. The molecule has 1 aliphatic heterocycles. The second-order valence-electron chi connectivity index (χ2n) is 8.03. The number of ketones is 1. The Morgan fingerprint density at radius 2 is 1.85 bits per heavy atom. The largest absolute Gasteiger partial charge is 0.497 e. The minimum absolute atomic E-state index is 0.00933. The average molecular weight is 468 g/mol. The zero-order chi connectivity index (χ0) is 23.2. The molecule has 4 rings (SSSR count). The zero-order valence-electron chi connectivity index (χ0n) is 19.0. The van der Waals surface area contributed by atoms with Crippen LogP contribution in [0.25, 0.3) is 10.9 Å². The number of rotatable bonds is 9. The Bertz CT molecular complexity index is 1160. The molecule has 0 amide bonds. The van der Waals surface area contributed by atoms with E-state index in [1.54, 1.807) is 35.9 Å². The van der Waals surface area contributed by atoms with Crippen molar-refractivity contribution in [3.8, 4) is 5.75 Å². The van der Waals surface area contributed by atoms with Crippen molar-refractivity contribution in [3.05, 3.63) is 64.4 Å². The molecule has 33 heavy (non-hydrogen) atoms. The molecule has 0 spiro atoms. The molecular formula is C25H29N3O4S. The van der Waals surface area contributed by atoms with E-state index in [-0.39, 0.29) is 11.3 Å². The summed E-state index contributed by atoms with van der Waals surface area (Å²) in [6, 6.07) is 14.5. The number of methoxy groups -OCH3 is 1. The fourth-order valence-electron chi connectivity index (χ4n) is 3.91. The number of hydrogen-bond donors (Lipinski definition) is 0. The van der Waals surface area contributed by atoms with Crippen molar-refractivity contribution >= 4 is 28.4 Å². The maximum absolute atomic E-state index is 13.3. The van der Waals surface area contributed by atoms with Gasteiger partial charge in [0.05, 0.1) is 36.5 Å². The van der Waals surface area contributed by atoms with Crippen LogP contribution in [0.5, 0.6) is 5.75 Å². The first-order valence-corrected chi connectivity index (χ1v) is 12.1. The summed E-state index contributed by atoms with van der Waals surface area (Å²) in [7, 11) is 1.60. The molecule has 0 saturated carbocycles. The SMILES string of the molecule is COc1ccc(C(=O)[C@H](C)Sc2nc3ccccc3c(=O)n2CCCN2CCOCC2)cc1. The quantitative estimate of drug-likeness (QED) is 0.271. The molecule has 0 aliphatic carbocycles. The van der Waals surface area contributed by atoms with Gasteiger partial charge in [-0.05, 0) is 49.7 Å². The van der Waals surface area contributed by atoms with E-state index in [0.29, 0.717) is 33.9 Å². The van der Waals surface area contributed by atoms with E-state index in [1.807, 2.05) is 31.2 Å². The number of hydrogen-bond acceptors (Lipinski definition) is 7. The van der Waals surface area contributed by atoms with Gasteiger partial charge in [0.1, 0.15) is 5.75 Å². The maximum Gasteiger partial charge on any atom is 0.262 e. The first-order chi connectivity index (χ1) is 16.1. The van der Waals surface area contributed by atoms with Crippen LogP contribution in [0, 0.1) is 0 Å². The van der Waals surface area contributed by atoms with Crippen molar-refractivity contribution in [2.75, 3.05) is 40.0 Å². The second-order valence-corrected chi connectivity index (χ2v) is 9.34. The van der Waals surface area contributed by atoms with Crippen LogP contribution >= 0.6 is 11.8 Å². The predicted octanol–water partition coefficient (Wildman–Crippen LogP) is 3.49. The van der Waals surface area contributed by atoms with Gasteiger partial charge < -0.3 is 9.47 Å². The minimum Gasteiger partial charge on any atom is -0.497 e. The summed E-state index contributed by atoms with van der Waals surface area (Å²) in [6.07, 6.45) is 0.828. The lowest BCUT2D eigenvalue weighted by molar-refractivity contribution is 0.0368. The molecule has 0 unspecified atom stereocenters. The summed E-state index contributed by atoms with van der Waals surface area (Å²) in [6.45, 7) is 6.65. The van der Waals surface area contributed by atoms with Gasteiger partial charge in [-0.15, -0.1) is 0 Å². The fourth-order valence-corrected chi connectivity index (χ4v) is 4.93. The summed E-state index contributed by atoms with van der Waals surface area (Å²) in [5.74, 6) is 0.696. The molecule has 1 aromatic heterocycles. The number of fused-ring (bicyclic) bond motifs is 1. The number of para-hydroxylation sites is 1. The molecule has 2 heterocycles. The van der Waals surface area contributed by atoms with Crippen LogP contribution in [0.1, 0.15) is 23.7 Å². The van der Waals surface area contributed by atoms with E-state index in [2.05, 4.69) is 4.90 Å². The molecule has 1 fully saturated rings. The van der Waals surface area contributed by atoms with E-state index in [9.17, 15) is 9.59 Å². The number of benzene rings is 2. The lowest BCUT2D eigenvalue weighted by Crippen LogP contribution is -2.37. The van der Waals surface area contributed by atoms with E-state index >= 15 is 0 Å². The third kappa shape index (κ3) is 5.63. The Hall–Kier alpha value is -2.68. The Labute approximate surface area is 197 Å². The summed E-state index contributed by atoms with van der Waals surface area (Å²) < 4.78 is 12.3. The standard InChI is InChI=1S/C25H29N3O4S/c1-18(23(29)19-8-10-20(31-2)11-9-19)33-25-26-22-7-4-3-6-21(22)24(30)28(25)13-5-12-27-14-16-32-17-15-27/h3-4,6-11,18H,5,12-17H2,1-2H3/t18-/m0/s1. The third-order valence-corrected chi connectivity index (χ3v) is 6.90. The van der Waals surface area contributed by atoms with Gasteiger partial charge in [-0.3, -0.25) is 19.1 Å². The van der Waals surface area contributed by atoms with E-state index < -0.39 is 5.25 Å². The van der Waals surface area contributed by atoms with Gasteiger partial charge in [-0.2, -0.15) is 0 Å². The summed E-state index contributed by atoms with van der Waals surface area (Å²) >= 11 is 1.34. The first kappa shape index (κ1) is 23.5. The van der Waals surface area contributed by atoms with Crippen LogP contribution in [0.15, 0.2) is 58.5 Å². The van der Waals surface area contributed by atoms with Gasteiger partial charge >= 0.3 is 0 Å². The summed E-state index contributed by atoms with van der Waals surface area (Å²) in [5.41, 5.74) is 1.20. The molecule has 0 N–H and O–H groups in total. The van der Waals surface area contributed by atoms with Gasteiger partial charge in [0, 0.05) is 31.7 Å². The lowest BCUT2D eigenvalue weighted by atomic mass is 10.1. The van der Waals surface area contributed by atoms with Crippen LogP contribution in [-0.2, 0) is 11.3 Å². The Balaban J connectivity index is 1.55. The number of thioether (sulfide) groups is 1. The summed E-state index contributed by atoms with van der Waals surface area (Å²) in [4.78, 5) is 33.5. The van der Waals surface area contributed by atoms with Crippen LogP contribution < -0.4 is 10.3 Å². The zero-order valence-corrected chi connectivity index (χ0v) is 19.8. The van der Waals surface area contributed by atoms with E-state index in [1.165, 1.54) is 11.8 Å². The monoisotopic (exact) mass is 467 g/mol. The molecule has 7 nitrogen and oxygen atoms in total. The molecule has 1 aliphatic rings. The number of ether oxygens (including phenoxy) is 2. The van der Waals surface area contributed by atoms with Crippen molar-refractivity contribution in [2.24, 2.45) is 0 Å². The van der Waals surface area contributed by atoms with Crippen LogP contribution in [0.3, 0.4) is 0 Å². The molecule has 2 aromatic carbocycles. The van der Waals surface area contributed by atoms with Crippen LogP contribution in [-0.4, -0.2) is 65.4 Å². The van der Waals surface area contributed by atoms with Gasteiger partial charge in [0.15, 0.2) is 10.9 Å². The van der Waals surface area contributed by atoms with E-state index in [4.69, 9.17) is 14.5 Å². The second kappa shape index (κ2) is 11.0. The van der Waals surface area contributed by atoms with Crippen molar-refractivity contribution in [1.82, 2.24) is 14.5 Å². The molecule has 1 saturated heterocycles. The molecular weight excluding hydrogens is 438 g/mol. The molecule has 8 heteroatoms. The van der Waals surface area contributed by atoms with Crippen molar-refractivity contribution in [1.29, 1.82) is 0 Å². The van der Waals surface area contributed by atoms with Crippen molar-refractivity contribution in [2.45, 2.75) is 30.3 Å². The number of nitrogens with zero attached hydrogens (tertiary/aromatic N) is 3. The van der Waals surface area contributed by atoms with E-state index in [0.717, 1.165) is 39.3 Å². The highest BCUT2D eigenvalue weighted by molar-refractivity contribution is 8.00. The highest BCUT2D eigenvalue weighted by Crippen LogP contribution is 2.26. The summed E-state index contributed by atoms with van der Waals surface area (Å²) in [5, 5.41) is 0.786. The number of carbonyl (C=O) groups is 1. The number of aromatic nitrogens is 2. The smallest absolute Gasteiger partial charge is 0.262 e. The average Bonchev–Trinajstić information content (AvgIpc) is 2.86. The van der Waals surface area contributed by atoms with Crippen LogP contribution in [0.2, 0.25) is 0 Å². The normalized spacial score (nSPS) is 15.5. The highest BCUT2D eigenvalue weighted by Gasteiger charge is 2.21. The predicted molar refractivity (Wildman–Crippen MR) is 131 cm³/mol. The van der Waals surface area contributed by atoms with Gasteiger partial charge in [0.25, 0.3) is 5.56 Å². The van der Waals surface area contributed by atoms with Crippen LogP contribution in [0.4, 0.5) is 0 Å². The molecule has 1 atom stereocenters. The van der Waals surface area contributed by atoms with Crippen molar-refractivity contribution < 1.29 is 14.3 Å². The maximum atomic E-state index is 13.3. The molecule has 3 aromatic rings. The van der Waals surface area contributed by atoms with Gasteiger partial charge in [-0.1, -0.05) is 23.9 Å². The number of carbonyl (C=O) groups excluding carboxylic acids is 1. The van der Waals surface area contributed by atoms with Gasteiger partial charge in [-0.25, -0.2) is 4.98 Å². The van der Waals surface area contributed by atoms with Crippen molar-refractivity contribution in [3.63, 3.8) is 0 Å². The topological polar surface area (TPSA) is 73.7 Å². The Kier molecular flexibility index (Phi) is 7.80. The third-order valence-electron chi connectivity index (χ3n) is 5.81. The minimum atomic E-state index is -0.392. The molecule has 0 radical (unpaired) electrons. The molecule has 174 valence electrons. The Morgan fingerprint density at radius 3 is 2.58 bits per heavy atom.